The SMILES string of the molecule is CC(C)NC1(CO)CCCC1CCSc1cccc(Cl)c1. The molecule has 0 bridgehead atoms. The van der Waals surface area contributed by atoms with Crippen molar-refractivity contribution in [3.8, 4) is 0 Å². The molecule has 21 heavy (non-hydrogen) atoms. The van der Waals surface area contributed by atoms with Gasteiger partial charge in [0.05, 0.1) is 6.61 Å². The maximum atomic E-state index is 9.90. The van der Waals surface area contributed by atoms with Gasteiger partial charge in [-0.3, -0.25) is 0 Å². The van der Waals surface area contributed by atoms with Gasteiger partial charge in [0.15, 0.2) is 0 Å². The molecule has 0 spiro atoms. The summed E-state index contributed by atoms with van der Waals surface area (Å²) in [7, 11) is 0. The van der Waals surface area contributed by atoms with Gasteiger partial charge >= 0.3 is 0 Å². The summed E-state index contributed by atoms with van der Waals surface area (Å²) in [6.45, 7) is 4.57. The molecule has 0 radical (unpaired) electrons. The number of halogens is 1. The van der Waals surface area contributed by atoms with Crippen LogP contribution >= 0.6 is 23.4 Å². The van der Waals surface area contributed by atoms with Crippen LogP contribution in [-0.4, -0.2) is 29.0 Å². The van der Waals surface area contributed by atoms with E-state index in [0.717, 1.165) is 23.6 Å². The number of aliphatic hydroxyl groups excluding tert-OH is 1. The number of hydrogen-bond donors (Lipinski definition) is 2. The summed E-state index contributed by atoms with van der Waals surface area (Å²) in [5, 5.41) is 14.3. The van der Waals surface area contributed by atoms with E-state index in [1.54, 1.807) is 0 Å². The molecule has 0 aromatic heterocycles. The highest BCUT2D eigenvalue weighted by molar-refractivity contribution is 7.99. The lowest BCUT2D eigenvalue weighted by Gasteiger charge is -2.37. The summed E-state index contributed by atoms with van der Waals surface area (Å²) < 4.78 is 0. The molecule has 1 aliphatic rings. The Labute approximate surface area is 137 Å². The molecule has 1 saturated carbocycles. The third-order valence-corrected chi connectivity index (χ3v) is 5.61. The second-order valence-electron chi connectivity index (χ2n) is 6.30. The standard InChI is InChI=1S/C17H26ClNOS/c1-13(2)19-17(12-20)9-4-5-14(17)8-10-21-16-7-3-6-15(18)11-16/h3,6-7,11,13-14,19-20H,4-5,8-10,12H2,1-2H3. The van der Waals surface area contributed by atoms with E-state index in [-0.39, 0.29) is 12.1 Å². The van der Waals surface area contributed by atoms with Crippen LogP contribution in [0.3, 0.4) is 0 Å². The lowest BCUT2D eigenvalue weighted by atomic mass is 9.85. The molecule has 2 atom stereocenters. The smallest absolute Gasteiger partial charge is 0.0616 e. The Balaban J connectivity index is 1.89. The van der Waals surface area contributed by atoms with Gasteiger partial charge in [0.25, 0.3) is 0 Å². The number of thioether (sulfide) groups is 1. The van der Waals surface area contributed by atoms with Crippen molar-refractivity contribution in [2.24, 2.45) is 5.92 Å². The van der Waals surface area contributed by atoms with E-state index < -0.39 is 0 Å². The Morgan fingerprint density at radius 1 is 1.48 bits per heavy atom. The van der Waals surface area contributed by atoms with Crippen LogP contribution in [0.2, 0.25) is 5.02 Å². The summed E-state index contributed by atoms with van der Waals surface area (Å²) >= 11 is 7.88. The second kappa shape index (κ2) is 7.87. The number of aliphatic hydroxyl groups is 1. The van der Waals surface area contributed by atoms with Gasteiger partial charge in [0, 0.05) is 21.5 Å². The average Bonchev–Trinajstić information content (AvgIpc) is 2.82. The largest absolute Gasteiger partial charge is 0.394 e. The molecule has 0 heterocycles. The van der Waals surface area contributed by atoms with E-state index in [2.05, 4.69) is 25.2 Å². The van der Waals surface area contributed by atoms with Gasteiger partial charge in [-0.25, -0.2) is 0 Å². The first-order valence-corrected chi connectivity index (χ1v) is 9.19. The van der Waals surface area contributed by atoms with Crippen molar-refractivity contribution in [1.82, 2.24) is 5.32 Å². The Kier molecular flexibility index (Phi) is 6.42. The Hall–Kier alpha value is -0.220. The molecule has 2 rings (SSSR count). The molecule has 118 valence electrons. The van der Waals surface area contributed by atoms with Gasteiger partial charge in [0.1, 0.15) is 0 Å². The van der Waals surface area contributed by atoms with Crippen molar-refractivity contribution in [3.05, 3.63) is 29.3 Å². The summed E-state index contributed by atoms with van der Waals surface area (Å²) in [5.74, 6) is 1.64. The fourth-order valence-electron chi connectivity index (χ4n) is 3.46. The monoisotopic (exact) mass is 327 g/mol. The zero-order valence-corrected chi connectivity index (χ0v) is 14.5. The summed E-state index contributed by atoms with van der Waals surface area (Å²) in [4.78, 5) is 1.23. The van der Waals surface area contributed by atoms with Crippen LogP contribution in [0.5, 0.6) is 0 Å². The summed E-state index contributed by atoms with van der Waals surface area (Å²) in [6.07, 6.45) is 4.66. The van der Waals surface area contributed by atoms with Gasteiger partial charge in [-0.15, -0.1) is 11.8 Å². The van der Waals surface area contributed by atoms with Crippen LogP contribution in [0, 0.1) is 5.92 Å². The quantitative estimate of drug-likeness (QED) is 0.730. The normalized spacial score (nSPS) is 25.7. The topological polar surface area (TPSA) is 32.3 Å². The van der Waals surface area contributed by atoms with Gasteiger partial charge in [0.2, 0.25) is 0 Å². The van der Waals surface area contributed by atoms with Crippen LogP contribution in [0.25, 0.3) is 0 Å². The third kappa shape index (κ3) is 4.62. The molecule has 0 amide bonds. The van der Waals surface area contributed by atoms with Crippen molar-refractivity contribution < 1.29 is 5.11 Å². The predicted molar refractivity (Wildman–Crippen MR) is 92.2 cm³/mol. The van der Waals surface area contributed by atoms with Crippen LogP contribution < -0.4 is 5.32 Å². The van der Waals surface area contributed by atoms with E-state index in [1.165, 1.54) is 17.7 Å². The van der Waals surface area contributed by atoms with E-state index >= 15 is 0 Å². The van der Waals surface area contributed by atoms with Gasteiger partial charge in [-0.05, 0) is 49.1 Å². The third-order valence-electron chi connectivity index (χ3n) is 4.35. The highest BCUT2D eigenvalue weighted by atomic mass is 35.5. The minimum atomic E-state index is -0.0664. The van der Waals surface area contributed by atoms with Crippen LogP contribution in [0.1, 0.15) is 39.5 Å². The lowest BCUT2D eigenvalue weighted by molar-refractivity contribution is 0.113. The first kappa shape index (κ1) is 17.1. The second-order valence-corrected chi connectivity index (χ2v) is 7.90. The van der Waals surface area contributed by atoms with Crippen molar-refractivity contribution in [1.29, 1.82) is 0 Å². The minimum Gasteiger partial charge on any atom is -0.394 e. The molecule has 1 aromatic rings. The van der Waals surface area contributed by atoms with E-state index in [1.807, 2.05) is 30.0 Å². The number of benzene rings is 1. The first-order valence-electron chi connectivity index (χ1n) is 7.83. The van der Waals surface area contributed by atoms with Gasteiger partial charge in [-0.2, -0.15) is 0 Å². The number of rotatable bonds is 7. The molecular formula is C17H26ClNOS. The Morgan fingerprint density at radius 2 is 2.29 bits per heavy atom. The minimum absolute atomic E-state index is 0.0664. The molecular weight excluding hydrogens is 302 g/mol. The zero-order chi connectivity index (χ0) is 15.3. The van der Waals surface area contributed by atoms with Crippen molar-refractivity contribution in [2.75, 3.05) is 12.4 Å². The van der Waals surface area contributed by atoms with Crippen molar-refractivity contribution in [2.45, 2.75) is 56.0 Å². The molecule has 1 fully saturated rings. The fourth-order valence-corrected chi connectivity index (χ4v) is 4.74. The van der Waals surface area contributed by atoms with Gasteiger partial charge in [-0.1, -0.05) is 37.9 Å². The fraction of sp³-hybridized carbons (Fsp3) is 0.647. The van der Waals surface area contributed by atoms with Crippen molar-refractivity contribution in [3.63, 3.8) is 0 Å². The lowest BCUT2D eigenvalue weighted by Crippen LogP contribution is -2.54. The summed E-state index contributed by atoms with van der Waals surface area (Å²) in [5.41, 5.74) is -0.0664. The van der Waals surface area contributed by atoms with Crippen molar-refractivity contribution >= 4 is 23.4 Å². The molecule has 2 nitrogen and oxygen atoms in total. The average molecular weight is 328 g/mol. The predicted octanol–water partition coefficient (Wildman–Crippen LogP) is 4.35. The highest BCUT2D eigenvalue weighted by Gasteiger charge is 2.41. The van der Waals surface area contributed by atoms with Crippen LogP contribution in [0.4, 0.5) is 0 Å². The molecule has 0 saturated heterocycles. The highest BCUT2D eigenvalue weighted by Crippen LogP contribution is 2.39. The van der Waals surface area contributed by atoms with Gasteiger partial charge < -0.3 is 10.4 Å². The molecule has 0 aliphatic heterocycles. The molecule has 1 aromatic carbocycles. The molecule has 2 N–H and O–H groups in total. The number of nitrogens with one attached hydrogen (secondary N) is 1. The van der Waals surface area contributed by atoms with Crippen LogP contribution in [-0.2, 0) is 0 Å². The molecule has 2 unspecified atom stereocenters. The first-order chi connectivity index (χ1) is 10.1. The van der Waals surface area contributed by atoms with E-state index in [4.69, 9.17) is 11.6 Å². The Morgan fingerprint density at radius 3 is 2.95 bits per heavy atom. The number of hydrogen-bond acceptors (Lipinski definition) is 3. The Bertz CT molecular complexity index is 454. The zero-order valence-electron chi connectivity index (χ0n) is 12.9. The summed E-state index contributed by atoms with van der Waals surface area (Å²) in [6, 6.07) is 8.45. The maximum absolute atomic E-state index is 9.90. The van der Waals surface area contributed by atoms with Crippen LogP contribution in [0.15, 0.2) is 29.2 Å². The van der Waals surface area contributed by atoms with E-state index in [9.17, 15) is 5.11 Å². The molecule has 1 aliphatic carbocycles. The van der Waals surface area contributed by atoms with E-state index in [0.29, 0.717) is 12.0 Å². The molecule has 4 heteroatoms. The maximum Gasteiger partial charge on any atom is 0.0616 e.